The molecule has 0 spiro atoms. The summed E-state index contributed by atoms with van der Waals surface area (Å²) in [5.74, 6) is 0.286. The highest BCUT2D eigenvalue weighted by molar-refractivity contribution is 7.21. The van der Waals surface area contributed by atoms with E-state index in [0.717, 1.165) is 31.1 Å². The van der Waals surface area contributed by atoms with Crippen LogP contribution >= 0.6 is 11.3 Å². The van der Waals surface area contributed by atoms with Gasteiger partial charge in [0.15, 0.2) is 0 Å². The second kappa shape index (κ2) is 5.95. The fourth-order valence-electron chi connectivity index (χ4n) is 2.71. The Balaban J connectivity index is 1.65. The largest absolute Gasteiger partial charge is 0.397 e. The number of aromatic nitrogens is 2. The SMILES string of the molecule is Nc1c(C(=O)NCC2CCC(O)CC2)sc2nnccc12. The van der Waals surface area contributed by atoms with Crippen molar-refractivity contribution in [3.8, 4) is 0 Å². The summed E-state index contributed by atoms with van der Waals surface area (Å²) in [6.07, 6.45) is 4.95. The van der Waals surface area contributed by atoms with E-state index in [4.69, 9.17) is 5.73 Å². The minimum Gasteiger partial charge on any atom is -0.397 e. The topological polar surface area (TPSA) is 101 Å². The standard InChI is InChI=1S/C14H18N4O2S/c15-11-10-5-6-17-18-14(10)21-12(11)13(20)16-7-8-1-3-9(19)4-2-8/h5-6,8-9,19H,1-4,7,15H2,(H,16,20). The van der Waals surface area contributed by atoms with Crippen molar-refractivity contribution in [2.24, 2.45) is 5.92 Å². The number of nitrogens with two attached hydrogens (primary N) is 1. The van der Waals surface area contributed by atoms with E-state index in [0.29, 0.717) is 27.9 Å². The molecule has 1 fully saturated rings. The van der Waals surface area contributed by atoms with Gasteiger partial charge in [0.05, 0.1) is 18.0 Å². The third-order valence-corrected chi connectivity index (χ3v) is 5.10. The van der Waals surface area contributed by atoms with E-state index in [2.05, 4.69) is 15.5 Å². The van der Waals surface area contributed by atoms with Crippen molar-refractivity contribution in [1.82, 2.24) is 15.5 Å². The first kappa shape index (κ1) is 14.2. The van der Waals surface area contributed by atoms with Crippen molar-refractivity contribution in [3.05, 3.63) is 17.1 Å². The predicted octanol–water partition coefficient (Wildman–Crippen LogP) is 1.55. The zero-order chi connectivity index (χ0) is 14.8. The lowest BCUT2D eigenvalue weighted by atomic mass is 9.87. The van der Waals surface area contributed by atoms with Crippen LogP contribution in [0, 0.1) is 5.92 Å². The van der Waals surface area contributed by atoms with Crippen LogP contribution in [0.5, 0.6) is 0 Å². The van der Waals surface area contributed by atoms with E-state index in [1.807, 2.05) is 0 Å². The van der Waals surface area contributed by atoms with Gasteiger partial charge in [-0.1, -0.05) is 0 Å². The van der Waals surface area contributed by atoms with Crippen molar-refractivity contribution in [2.45, 2.75) is 31.8 Å². The summed E-state index contributed by atoms with van der Waals surface area (Å²) >= 11 is 1.27. The summed E-state index contributed by atoms with van der Waals surface area (Å²) in [4.78, 5) is 13.4. The monoisotopic (exact) mass is 306 g/mol. The Hall–Kier alpha value is -1.73. The highest BCUT2D eigenvalue weighted by Crippen LogP contribution is 2.31. The van der Waals surface area contributed by atoms with Gasteiger partial charge in [0.1, 0.15) is 9.71 Å². The number of thiophene rings is 1. The summed E-state index contributed by atoms with van der Waals surface area (Å²) < 4.78 is 0. The van der Waals surface area contributed by atoms with E-state index in [9.17, 15) is 9.90 Å². The third-order valence-electron chi connectivity index (χ3n) is 3.99. The fourth-order valence-corrected chi connectivity index (χ4v) is 3.66. The number of nitrogen functional groups attached to an aromatic ring is 1. The molecule has 2 aromatic rings. The number of carbonyl (C=O) groups excluding carboxylic acids is 1. The minimum atomic E-state index is -0.172. The molecule has 2 heterocycles. The molecular weight excluding hydrogens is 288 g/mol. The maximum atomic E-state index is 12.3. The average Bonchev–Trinajstić information content (AvgIpc) is 2.84. The van der Waals surface area contributed by atoms with E-state index in [1.54, 1.807) is 12.3 Å². The molecule has 0 saturated heterocycles. The number of hydrogen-bond acceptors (Lipinski definition) is 6. The quantitative estimate of drug-likeness (QED) is 0.798. The number of carbonyl (C=O) groups is 1. The Morgan fingerprint density at radius 1 is 1.43 bits per heavy atom. The lowest BCUT2D eigenvalue weighted by Gasteiger charge is -2.25. The molecule has 7 heteroatoms. The van der Waals surface area contributed by atoms with Crippen molar-refractivity contribution >= 4 is 33.1 Å². The molecule has 3 rings (SSSR count). The first-order valence-corrected chi connectivity index (χ1v) is 7.92. The van der Waals surface area contributed by atoms with Gasteiger partial charge in [-0.05, 0) is 37.7 Å². The number of anilines is 1. The van der Waals surface area contributed by atoms with Gasteiger partial charge < -0.3 is 16.2 Å². The Labute approximate surface area is 126 Å². The molecule has 1 aliphatic carbocycles. The van der Waals surface area contributed by atoms with E-state index < -0.39 is 0 Å². The molecule has 2 aromatic heterocycles. The Morgan fingerprint density at radius 3 is 2.90 bits per heavy atom. The highest BCUT2D eigenvalue weighted by Gasteiger charge is 2.21. The van der Waals surface area contributed by atoms with Gasteiger partial charge in [0, 0.05) is 11.9 Å². The van der Waals surface area contributed by atoms with Gasteiger partial charge in [0.2, 0.25) is 0 Å². The number of nitrogens with zero attached hydrogens (tertiary/aromatic N) is 2. The lowest BCUT2D eigenvalue weighted by molar-refractivity contribution is 0.0914. The number of nitrogens with one attached hydrogen (secondary N) is 1. The molecule has 0 aromatic carbocycles. The molecule has 112 valence electrons. The molecule has 1 saturated carbocycles. The molecule has 6 nitrogen and oxygen atoms in total. The zero-order valence-corrected chi connectivity index (χ0v) is 12.4. The Kier molecular flexibility index (Phi) is 4.03. The minimum absolute atomic E-state index is 0.151. The molecule has 1 amide bonds. The molecule has 0 atom stereocenters. The van der Waals surface area contributed by atoms with Crippen LogP contribution in [0.4, 0.5) is 5.69 Å². The van der Waals surface area contributed by atoms with Crippen LogP contribution in [-0.2, 0) is 0 Å². The molecule has 0 aliphatic heterocycles. The maximum Gasteiger partial charge on any atom is 0.263 e. The summed E-state index contributed by atoms with van der Waals surface area (Å²) in [7, 11) is 0. The third kappa shape index (κ3) is 2.98. The second-order valence-corrected chi connectivity index (χ2v) is 6.48. The number of rotatable bonds is 3. The molecular formula is C14H18N4O2S. The van der Waals surface area contributed by atoms with Crippen LogP contribution < -0.4 is 11.1 Å². The Bertz CT molecular complexity index is 649. The number of fused-ring (bicyclic) bond motifs is 1. The molecule has 0 radical (unpaired) electrons. The van der Waals surface area contributed by atoms with Crippen LogP contribution in [0.2, 0.25) is 0 Å². The van der Waals surface area contributed by atoms with E-state index in [-0.39, 0.29) is 12.0 Å². The predicted molar refractivity (Wildman–Crippen MR) is 82.1 cm³/mol. The van der Waals surface area contributed by atoms with Crippen molar-refractivity contribution in [3.63, 3.8) is 0 Å². The number of amides is 1. The van der Waals surface area contributed by atoms with Crippen LogP contribution in [0.25, 0.3) is 10.2 Å². The van der Waals surface area contributed by atoms with Crippen LogP contribution in [0.15, 0.2) is 12.3 Å². The van der Waals surface area contributed by atoms with Crippen molar-refractivity contribution in [2.75, 3.05) is 12.3 Å². The first-order chi connectivity index (χ1) is 10.1. The van der Waals surface area contributed by atoms with Gasteiger partial charge in [-0.15, -0.1) is 16.4 Å². The maximum absolute atomic E-state index is 12.3. The van der Waals surface area contributed by atoms with Crippen LogP contribution in [-0.4, -0.2) is 33.9 Å². The van der Waals surface area contributed by atoms with Gasteiger partial charge in [0.25, 0.3) is 5.91 Å². The van der Waals surface area contributed by atoms with E-state index >= 15 is 0 Å². The molecule has 4 N–H and O–H groups in total. The van der Waals surface area contributed by atoms with Crippen LogP contribution in [0.3, 0.4) is 0 Å². The number of hydrogen-bond donors (Lipinski definition) is 3. The smallest absolute Gasteiger partial charge is 0.263 e. The average molecular weight is 306 g/mol. The number of aliphatic hydroxyl groups is 1. The number of aliphatic hydroxyl groups excluding tert-OH is 1. The van der Waals surface area contributed by atoms with Gasteiger partial charge in [-0.25, -0.2) is 0 Å². The normalized spacial score (nSPS) is 22.3. The molecule has 1 aliphatic rings. The van der Waals surface area contributed by atoms with E-state index in [1.165, 1.54) is 11.3 Å². The summed E-state index contributed by atoms with van der Waals surface area (Å²) in [6, 6.07) is 1.77. The van der Waals surface area contributed by atoms with Gasteiger partial charge >= 0.3 is 0 Å². The Morgan fingerprint density at radius 2 is 2.19 bits per heavy atom. The lowest BCUT2D eigenvalue weighted by Crippen LogP contribution is -2.32. The van der Waals surface area contributed by atoms with Crippen molar-refractivity contribution < 1.29 is 9.90 Å². The summed E-state index contributed by atoms with van der Waals surface area (Å²) in [5.41, 5.74) is 6.49. The summed E-state index contributed by atoms with van der Waals surface area (Å²) in [5, 5.41) is 21.0. The fraction of sp³-hybridized carbons (Fsp3) is 0.500. The van der Waals surface area contributed by atoms with Crippen LogP contribution in [0.1, 0.15) is 35.4 Å². The van der Waals surface area contributed by atoms with Gasteiger partial charge in [-0.2, -0.15) is 5.10 Å². The summed E-state index contributed by atoms with van der Waals surface area (Å²) in [6.45, 7) is 0.630. The second-order valence-electron chi connectivity index (χ2n) is 5.48. The van der Waals surface area contributed by atoms with Gasteiger partial charge in [-0.3, -0.25) is 4.79 Å². The highest BCUT2D eigenvalue weighted by atomic mass is 32.1. The van der Waals surface area contributed by atoms with Crippen molar-refractivity contribution in [1.29, 1.82) is 0 Å². The molecule has 0 bridgehead atoms. The molecule has 0 unspecified atom stereocenters. The molecule has 21 heavy (non-hydrogen) atoms. The zero-order valence-electron chi connectivity index (χ0n) is 11.6. The first-order valence-electron chi connectivity index (χ1n) is 7.11.